The molecule has 2 heteroatoms. The standard InChI is InChI=1S/C14H23NSi/c1-4-16(5-2)13-9-12-8-11(3)6-7-14(12)15-10-13/h6-8,13,15-16H,4-5,9-10H2,1-3H3/t13-/m1/s1. The van der Waals surface area contributed by atoms with E-state index in [4.69, 9.17) is 0 Å². The fraction of sp³-hybridized carbons (Fsp3) is 0.571. The zero-order valence-corrected chi connectivity index (χ0v) is 11.9. The third kappa shape index (κ3) is 2.32. The summed E-state index contributed by atoms with van der Waals surface area (Å²) in [6.45, 7) is 8.17. The molecule has 1 heterocycles. The van der Waals surface area contributed by atoms with Crippen LogP contribution in [0.15, 0.2) is 18.2 Å². The predicted molar refractivity (Wildman–Crippen MR) is 75.2 cm³/mol. The summed E-state index contributed by atoms with van der Waals surface area (Å²) >= 11 is 0. The van der Waals surface area contributed by atoms with Gasteiger partial charge >= 0.3 is 0 Å². The smallest absolute Gasteiger partial charge is 0.0419 e. The molecule has 0 amide bonds. The molecule has 0 saturated carbocycles. The van der Waals surface area contributed by atoms with Gasteiger partial charge < -0.3 is 5.32 Å². The maximum Gasteiger partial charge on any atom is 0.0419 e. The van der Waals surface area contributed by atoms with E-state index in [0.29, 0.717) is 0 Å². The minimum Gasteiger partial charge on any atom is -0.385 e. The van der Waals surface area contributed by atoms with Crippen LogP contribution in [0.2, 0.25) is 17.6 Å². The van der Waals surface area contributed by atoms with Crippen LogP contribution in [0.4, 0.5) is 5.69 Å². The Morgan fingerprint density at radius 3 is 2.75 bits per heavy atom. The first-order valence-corrected chi connectivity index (χ1v) is 8.88. The Morgan fingerprint density at radius 1 is 1.31 bits per heavy atom. The molecular weight excluding hydrogens is 210 g/mol. The highest BCUT2D eigenvalue weighted by Gasteiger charge is 2.24. The van der Waals surface area contributed by atoms with Gasteiger partial charge in [-0.3, -0.25) is 0 Å². The average Bonchev–Trinajstić information content (AvgIpc) is 2.30. The Hall–Kier alpha value is -0.763. The molecule has 2 rings (SSSR count). The van der Waals surface area contributed by atoms with E-state index >= 15 is 0 Å². The first kappa shape index (κ1) is 11.7. The summed E-state index contributed by atoms with van der Waals surface area (Å²) in [5, 5.41) is 3.62. The van der Waals surface area contributed by atoms with Crippen LogP contribution in [0.5, 0.6) is 0 Å². The molecule has 1 nitrogen and oxygen atoms in total. The quantitative estimate of drug-likeness (QED) is 0.787. The number of benzene rings is 1. The van der Waals surface area contributed by atoms with Crippen molar-refractivity contribution in [3.05, 3.63) is 29.3 Å². The highest BCUT2D eigenvalue weighted by molar-refractivity contribution is 6.60. The van der Waals surface area contributed by atoms with Gasteiger partial charge in [-0.15, -0.1) is 0 Å². The minimum absolute atomic E-state index is 0.510. The van der Waals surface area contributed by atoms with E-state index in [0.717, 1.165) is 5.54 Å². The Bertz CT molecular complexity index is 358. The Balaban J connectivity index is 2.16. The summed E-state index contributed by atoms with van der Waals surface area (Å²) in [4.78, 5) is 0. The molecule has 88 valence electrons. The van der Waals surface area contributed by atoms with Gasteiger partial charge in [-0.25, -0.2) is 0 Å². The largest absolute Gasteiger partial charge is 0.385 e. The van der Waals surface area contributed by atoms with E-state index in [1.165, 1.54) is 36.3 Å². The van der Waals surface area contributed by atoms with E-state index in [2.05, 4.69) is 44.3 Å². The third-order valence-electron chi connectivity index (χ3n) is 4.01. The summed E-state index contributed by atoms with van der Waals surface area (Å²) in [6, 6.07) is 9.72. The van der Waals surface area contributed by atoms with Crippen LogP contribution in [-0.4, -0.2) is 15.3 Å². The molecule has 0 aliphatic carbocycles. The predicted octanol–water partition coefficient (Wildman–Crippen LogP) is 3.60. The topological polar surface area (TPSA) is 12.0 Å². The lowest BCUT2D eigenvalue weighted by Crippen LogP contribution is -2.30. The maximum atomic E-state index is 3.62. The summed E-state index contributed by atoms with van der Waals surface area (Å²) in [5.41, 5.74) is 5.29. The van der Waals surface area contributed by atoms with Crippen molar-refractivity contribution in [1.82, 2.24) is 0 Å². The molecule has 1 aromatic rings. The van der Waals surface area contributed by atoms with Crippen molar-refractivity contribution in [3.8, 4) is 0 Å². The highest BCUT2D eigenvalue weighted by Crippen LogP contribution is 2.31. The van der Waals surface area contributed by atoms with Gasteiger partial charge in [0.1, 0.15) is 0 Å². The van der Waals surface area contributed by atoms with Crippen molar-refractivity contribution >= 4 is 14.5 Å². The van der Waals surface area contributed by atoms with E-state index in [1.54, 1.807) is 5.56 Å². The van der Waals surface area contributed by atoms with E-state index in [-0.39, 0.29) is 0 Å². The molecule has 0 saturated heterocycles. The molecule has 1 aliphatic rings. The molecule has 0 spiro atoms. The number of fused-ring (bicyclic) bond motifs is 1. The second-order valence-electron chi connectivity index (χ2n) is 5.08. The number of aryl methyl sites for hydroxylation is 1. The van der Waals surface area contributed by atoms with Crippen molar-refractivity contribution in [2.24, 2.45) is 0 Å². The summed E-state index contributed by atoms with van der Waals surface area (Å²) < 4.78 is 0. The Kier molecular flexibility index (Phi) is 3.69. The SMILES string of the molecule is CC[SiH](CC)[C@H]1CNc2ccc(C)cc2C1. The van der Waals surface area contributed by atoms with Crippen LogP contribution in [0.1, 0.15) is 25.0 Å². The van der Waals surface area contributed by atoms with Crippen LogP contribution in [0.3, 0.4) is 0 Å². The maximum absolute atomic E-state index is 3.62. The molecule has 1 N–H and O–H groups in total. The Morgan fingerprint density at radius 2 is 2.06 bits per heavy atom. The molecular formula is C14H23NSi. The van der Waals surface area contributed by atoms with E-state index in [1.807, 2.05) is 0 Å². The number of nitrogens with one attached hydrogen (secondary N) is 1. The van der Waals surface area contributed by atoms with Gasteiger partial charge in [-0.05, 0) is 30.5 Å². The molecule has 0 bridgehead atoms. The summed E-state index contributed by atoms with van der Waals surface area (Å²) in [5.74, 6) is 0. The molecule has 1 aliphatic heterocycles. The van der Waals surface area contributed by atoms with Crippen molar-refractivity contribution in [2.45, 2.75) is 44.8 Å². The number of hydrogen-bond donors (Lipinski definition) is 1. The lowest BCUT2D eigenvalue weighted by Gasteiger charge is -2.31. The second-order valence-corrected chi connectivity index (χ2v) is 9.18. The summed E-state index contributed by atoms with van der Waals surface area (Å²) in [7, 11) is -0.510. The molecule has 0 unspecified atom stereocenters. The van der Waals surface area contributed by atoms with E-state index in [9.17, 15) is 0 Å². The lowest BCUT2D eigenvalue weighted by atomic mass is 10.0. The lowest BCUT2D eigenvalue weighted by molar-refractivity contribution is 0.795. The first-order chi connectivity index (χ1) is 7.74. The van der Waals surface area contributed by atoms with Crippen LogP contribution < -0.4 is 5.32 Å². The van der Waals surface area contributed by atoms with Gasteiger partial charge in [-0.1, -0.05) is 43.6 Å². The van der Waals surface area contributed by atoms with E-state index < -0.39 is 8.80 Å². The summed E-state index contributed by atoms with van der Waals surface area (Å²) in [6.07, 6.45) is 1.32. The number of anilines is 1. The molecule has 1 atom stereocenters. The molecule has 0 radical (unpaired) electrons. The zero-order valence-electron chi connectivity index (χ0n) is 10.7. The van der Waals surface area contributed by atoms with Gasteiger partial charge in [-0.2, -0.15) is 0 Å². The molecule has 0 aromatic heterocycles. The van der Waals surface area contributed by atoms with Crippen molar-refractivity contribution < 1.29 is 0 Å². The monoisotopic (exact) mass is 233 g/mol. The fourth-order valence-electron chi connectivity index (χ4n) is 2.95. The van der Waals surface area contributed by atoms with Gasteiger partial charge in [0, 0.05) is 21.0 Å². The third-order valence-corrected chi connectivity index (χ3v) is 7.92. The van der Waals surface area contributed by atoms with Gasteiger partial charge in [0.2, 0.25) is 0 Å². The normalized spacial score (nSPS) is 19.4. The van der Waals surface area contributed by atoms with Crippen molar-refractivity contribution in [2.75, 3.05) is 11.9 Å². The van der Waals surface area contributed by atoms with Crippen LogP contribution in [0, 0.1) is 6.92 Å². The van der Waals surface area contributed by atoms with Gasteiger partial charge in [0.25, 0.3) is 0 Å². The fourth-order valence-corrected chi connectivity index (χ4v) is 5.90. The molecule has 1 aromatic carbocycles. The number of hydrogen-bond acceptors (Lipinski definition) is 1. The van der Waals surface area contributed by atoms with Crippen LogP contribution >= 0.6 is 0 Å². The minimum atomic E-state index is -0.510. The van der Waals surface area contributed by atoms with Gasteiger partial charge in [0.05, 0.1) is 0 Å². The van der Waals surface area contributed by atoms with Crippen molar-refractivity contribution in [1.29, 1.82) is 0 Å². The van der Waals surface area contributed by atoms with Crippen LogP contribution in [0.25, 0.3) is 0 Å². The van der Waals surface area contributed by atoms with Crippen LogP contribution in [-0.2, 0) is 6.42 Å². The Labute approximate surface area is 101 Å². The van der Waals surface area contributed by atoms with Crippen molar-refractivity contribution in [3.63, 3.8) is 0 Å². The van der Waals surface area contributed by atoms with Gasteiger partial charge in [0.15, 0.2) is 0 Å². The number of rotatable bonds is 3. The molecule has 16 heavy (non-hydrogen) atoms. The zero-order chi connectivity index (χ0) is 11.5. The second kappa shape index (κ2) is 5.04. The molecule has 0 fully saturated rings. The average molecular weight is 233 g/mol. The first-order valence-electron chi connectivity index (χ1n) is 6.58. The highest BCUT2D eigenvalue weighted by atomic mass is 28.3.